The molecule has 24 heavy (non-hydrogen) atoms. The zero-order chi connectivity index (χ0) is 16.9. The van der Waals surface area contributed by atoms with Crippen molar-refractivity contribution in [2.75, 3.05) is 26.8 Å². The van der Waals surface area contributed by atoms with E-state index in [1.54, 1.807) is 24.1 Å². The molecular weight excluding hydrogens is 308 g/mol. The number of nitrogens with zero attached hydrogens (tertiary/aromatic N) is 1. The molecule has 1 heterocycles. The number of para-hydroxylation sites is 2. The zero-order valence-corrected chi connectivity index (χ0v) is 14.0. The highest BCUT2D eigenvalue weighted by Gasteiger charge is 2.31. The van der Waals surface area contributed by atoms with E-state index < -0.39 is 0 Å². The molecule has 0 aromatic heterocycles. The lowest BCUT2D eigenvalue weighted by Gasteiger charge is -2.31. The standard InChI is InChI=1S/C18H24N2O4/c1-23-15-4-2-3-5-16(15)24-12-17(21)20-10-8-13(9-11-20)18(22)19-14-6-7-14/h2-5,13-14H,6-12H2,1H3,(H,19,22). The van der Waals surface area contributed by atoms with Gasteiger partial charge in [-0.25, -0.2) is 0 Å². The predicted octanol–water partition coefficient (Wildman–Crippen LogP) is 1.59. The Hall–Kier alpha value is -2.24. The molecule has 2 amide bonds. The molecule has 1 aromatic carbocycles. The van der Waals surface area contributed by atoms with Gasteiger partial charge >= 0.3 is 0 Å². The third-order valence-corrected chi connectivity index (χ3v) is 4.56. The van der Waals surface area contributed by atoms with Crippen LogP contribution >= 0.6 is 0 Å². The lowest BCUT2D eigenvalue weighted by atomic mass is 9.96. The smallest absolute Gasteiger partial charge is 0.260 e. The molecule has 130 valence electrons. The monoisotopic (exact) mass is 332 g/mol. The number of amides is 2. The van der Waals surface area contributed by atoms with E-state index in [-0.39, 0.29) is 24.3 Å². The normalized spacial score (nSPS) is 18.1. The molecule has 1 N–H and O–H groups in total. The first kappa shape index (κ1) is 16.6. The minimum atomic E-state index is -0.0537. The largest absolute Gasteiger partial charge is 0.493 e. The Balaban J connectivity index is 1.44. The summed E-state index contributed by atoms with van der Waals surface area (Å²) in [6.45, 7) is 1.20. The van der Waals surface area contributed by atoms with E-state index in [4.69, 9.17) is 9.47 Å². The Kier molecular flexibility index (Phi) is 5.23. The highest BCUT2D eigenvalue weighted by Crippen LogP contribution is 2.26. The molecule has 2 aliphatic rings. The van der Waals surface area contributed by atoms with Crippen molar-refractivity contribution in [1.82, 2.24) is 10.2 Å². The number of carbonyl (C=O) groups is 2. The van der Waals surface area contributed by atoms with Crippen LogP contribution in [0.2, 0.25) is 0 Å². The van der Waals surface area contributed by atoms with Gasteiger partial charge in [-0.2, -0.15) is 0 Å². The molecule has 0 radical (unpaired) electrons. The Labute approximate surface area is 142 Å². The summed E-state index contributed by atoms with van der Waals surface area (Å²) in [5.74, 6) is 1.30. The quantitative estimate of drug-likeness (QED) is 0.859. The third kappa shape index (κ3) is 4.19. The summed E-state index contributed by atoms with van der Waals surface area (Å²) in [4.78, 5) is 26.1. The van der Waals surface area contributed by atoms with E-state index in [0.29, 0.717) is 30.6 Å². The number of benzene rings is 1. The van der Waals surface area contributed by atoms with Crippen LogP contribution in [0.4, 0.5) is 0 Å². The van der Waals surface area contributed by atoms with Crippen molar-refractivity contribution in [3.05, 3.63) is 24.3 Å². The number of hydrogen-bond acceptors (Lipinski definition) is 4. The van der Waals surface area contributed by atoms with Crippen molar-refractivity contribution in [2.45, 2.75) is 31.7 Å². The van der Waals surface area contributed by atoms with E-state index >= 15 is 0 Å². The summed E-state index contributed by atoms with van der Waals surface area (Å²) in [5.41, 5.74) is 0. The van der Waals surface area contributed by atoms with Gasteiger partial charge in [-0.05, 0) is 37.8 Å². The SMILES string of the molecule is COc1ccccc1OCC(=O)N1CCC(C(=O)NC2CC2)CC1. The Morgan fingerprint density at radius 3 is 2.42 bits per heavy atom. The second-order valence-electron chi connectivity index (χ2n) is 6.38. The van der Waals surface area contributed by atoms with Crippen LogP contribution in [0.5, 0.6) is 11.5 Å². The first-order chi connectivity index (χ1) is 11.7. The number of hydrogen-bond donors (Lipinski definition) is 1. The van der Waals surface area contributed by atoms with Crippen LogP contribution in [0.25, 0.3) is 0 Å². The van der Waals surface area contributed by atoms with E-state index in [0.717, 1.165) is 25.7 Å². The zero-order valence-electron chi connectivity index (χ0n) is 14.0. The van der Waals surface area contributed by atoms with Gasteiger partial charge in [-0.15, -0.1) is 0 Å². The van der Waals surface area contributed by atoms with Gasteiger partial charge in [-0.3, -0.25) is 9.59 Å². The van der Waals surface area contributed by atoms with Gasteiger partial charge in [0.05, 0.1) is 7.11 Å². The van der Waals surface area contributed by atoms with Crippen LogP contribution in [0.1, 0.15) is 25.7 Å². The van der Waals surface area contributed by atoms with E-state index in [1.165, 1.54) is 0 Å². The molecule has 1 saturated heterocycles. The van der Waals surface area contributed by atoms with Crippen molar-refractivity contribution < 1.29 is 19.1 Å². The van der Waals surface area contributed by atoms with Gasteiger partial charge in [0.25, 0.3) is 5.91 Å². The van der Waals surface area contributed by atoms with Gasteiger partial charge in [0.15, 0.2) is 18.1 Å². The van der Waals surface area contributed by atoms with Crippen molar-refractivity contribution >= 4 is 11.8 Å². The number of nitrogens with one attached hydrogen (secondary N) is 1. The molecule has 1 aromatic rings. The average Bonchev–Trinajstić information content (AvgIpc) is 3.44. The summed E-state index contributed by atoms with van der Waals surface area (Å²) in [6, 6.07) is 7.66. The summed E-state index contributed by atoms with van der Waals surface area (Å²) in [5, 5.41) is 3.05. The molecule has 0 atom stereocenters. The van der Waals surface area contributed by atoms with Crippen LogP contribution in [-0.4, -0.2) is 49.6 Å². The minimum Gasteiger partial charge on any atom is -0.493 e. The van der Waals surface area contributed by atoms with Crippen LogP contribution in [-0.2, 0) is 9.59 Å². The number of likely N-dealkylation sites (tertiary alicyclic amines) is 1. The van der Waals surface area contributed by atoms with Crippen molar-refractivity contribution in [2.24, 2.45) is 5.92 Å². The Morgan fingerprint density at radius 1 is 1.12 bits per heavy atom. The minimum absolute atomic E-state index is 0.0146. The summed E-state index contributed by atoms with van der Waals surface area (Å²) < 4.78 is 10.8. The van der Waals surface area contributed by atoms with Crippen molar-refractivity contribution in [3.63, 3.8) is 0 Å². The molecule has 2 fully saturated rings. The second kappa shape index (κ2) is 7.55. The molecule has 1 aliphatic heterocycles. The lowest BCUT2D eigenvalue weighted by Crippen LogP contribution is -2.44. The highest BCUT2D eigenvalue weighted by molar-refractivity contribution is 5.81. The summed E-state index contributed by atoms with van der Waals surface area (Å²) >= 11 is 0. The van der Waals surface area contributed by atoms with Crippen LogP contribution in [0, 0.1) is 5.92 Å². The second-order valence-corrected chi connectivity index (χ2v) is 6.38. The number of ether oxygens (including phenoxy) is 2. The number of rotatable bonds is 6. The molecule has 0 spiro atoms. The maximum absolute atomic E-state index is 12.3. The molecule has 3 rings (SSSR count). The van der Waals surface area contributed by atoms with Crippen molar-refractivity contribution in [3.8, 4) is 11.5 Å². The molecular formula is C18H24N2O4. The lowest BCUT2D eigenvalue weighted by molar-refractivity contribution is -0.137. The molecule has 1 saturated carbocycles. The first-order valence-corrected chi connectivity index (χ1v) is 8.51. The number of methoxy groups -OCH3 is 1. The molecule has 6 nitrogen and oxygen atoms in total. The number of carbonyl (C=O) groups excluding carboxylic acids is 2. The topological polar surface area (TPSA) is 67.9 Å². The fourth-order valence-electron chi connectivity index (χ4n) is 2.91. The van der Waals surface area contributed by atoms with Crippen molar-refractivity contribution in [1.29, 1.82) is 0 Å². The first-order valence-electron chi connectivity index (χ1n) is 8.51. The van der Waals surface area contributed by atoms with Crippen LogP contribution in [0.3, 0.4) is 0 Å². The maximum atomic E-state index is 12.3. The van der Waals surface area contributed by atoms with E-state index in [2.05, 4.69) is 5.32 Å². The molecule has 6 heteroatoms. The predicted molar refractivity (Wildman–Crippen MR) is 89.0 cm³/mol. The third-order valence-electron chi connectivity index (χ3n) is 4.56. The highest BCUT2D eigenvalue weighted by atomic mass is 16.5. The van der Waals surface area contributed by atoms with Gasteiger partial charge in [0.2, 0.25) is 5.91 Å². The Morgan fingerprint density at radius 2 is 1.79 bits per heavy atom. The molecule has 1 aliphatic carbocycles. The summed E-state index contributed by atoms with van der Waals surface area (Å²) in [7, 11) is 1.57. The maximum Gasteiger partial charge on any atom is 0.260 e. The molecule has 0 unspecified atom stereocenters. The summed E-state index contributed by atoms with van der Waals surface area (Å²) in [6.07, 6.45) is 3.64. The van der Waals surface area contributed by atoms with Gasteiger partial charge in [-0.1, -0.05) is 12.1 Å². The molecule has 0 bridgehead atoms. The van der Waals surface area contributed by atoms with Gasteiger partial charge in [0.1, 0.15) is 0 Å². The number of piperidine rings is 1. The van der Waals surface area contributed by atoms with Gasteiger partial charge < -0.3 is 19.7 Å². The average molecular weight is 332 g/mol. The van der Waals surface area contributed by atoms with E-state index in [1.807, 2.05) is 12.1 Å². The van der Waals surface area contributed by atoms with E-state index in [9.17, 15) is 9.59 Å². The fourth-order valence-corrected chi connectivity index (χ4v) is 2.91. The van der Waals surface area contributed by atoms with Gasteiger partial charge in [0, 0.05) is 25.0 Å². The van der Waals surface area contributed by atoms with Crippen LogP contribution < -0.4 is 14.8 Å². The van der Waals surface area contributed by atoms with Crippen LogP contribution in [0.15, 0.2) is 24.3 Å². The fraction of sp³-hybridized carbons (Fsp3) is 0.556. The Bertz CT molecular complexity index is 592.